The zero-order chi connectivity index (χ0) is 20.4. The van der Waals surface area contributed by atoms with E-state index in [0.29, 0.717) is 23.3 Å². The molecule has 0 aliphatic heterocycles. The van der Waals surface area contributed by atoms with Gasteiger partial charge in [-0.15, -0.1) is 0 Å². The number of hydrogen-bond donors (Lipinski definition) is 1. The Morgan fingerprint density at radius 3 is 2.07 bits per heavy atom. The van der Waals surface area contributed by atoms with E-state index in [1.165, 1.54) is 6.07 Å². The summed E-state index contributed by atoms with van der Waals surface area (Å²) >= 11 is 3.32. The van der Waals surface area contributed by atoms with Crippen molar-refractivity contribution < 1.29 is 22.0 Å². The molecule has 0 bridgehead atoms. The lowest BCUT2D eigenvalue weighted by atomic mass is 10.2. The van der Waals surface area contributed by atoms with Crippen LogP contribution in [-0.2, 0) is 0 Å². The minimum Gasteiger partial charge on any atom is -0.261 e. The SMILES string of the molecule is Cc1cc(N/N=C/c2c(F)c(F)c(F)c(F)c2F)nc(-c2ccc(Br)cc2)n1. The number of nitrogens with one attached hydrogen (secondary N) is 1. The number of rotatable bonds is 4. The molecule has 10 heteroatoms. The maximum Gasteiger partial charge on any atom is 0.200 e. The van der Waals surface area contributed by atoms with Gasteiger partial charge in [-0.3, -0.25) is 5.43 Å². The highest BCUT2D eigenvalue weighted by atomic mass is 79.9. The molecule has 2 aromatic carbocycles. The first-order valence-corrected chi connectivity index (χ1v) is 8.49. The minimum atomic E-state index is -2.23. The van der Waals surface area contributed by atoms with Crippen LogP contribution in [0.3, 0.4) is 0 Å². The van der Waals surface area contributed by atoms with Gasteiger partial charge in [-0.2, -0.15) is 5.10 Å². The van der Waals surface area contributed by atoms with E-state index in [0.717, 1.165) is 4.47 Å². The van der Waals surface area contributed by atoms with Crippen molar-refractivity contribution in [1.82, 2.24) is 9.97 Å². The fraction of sp³-hybridized carbons (Fsp3) is 0.0556. The van der Waals surface area contributed by atoms with Crippen LogP contribution in [0.2, 0.25) is 0 Å². The van der Waals surface area contributed by atoms with Crippen LogP contribution in [0, 0.1) is 36.0 Å². The van der Waals surface area contributed by atoms with Crippen LogP contribution in [0.5, 0.6) is 0 Å². The molecule has 0 radical (unpaired) electrons. The fourth-order valence-electron chi connectivity index (χ4n) is 2.25. The van der Waals surface area contributed by atoms with E-state index < -0.39 is 34.6 Å². The highest BCUT2D eigenvalue weighted by Crippen LogP contribution is 2.22. The van der Waals surface area contributed by atoms with Gasteiger partial charge in [0.05, 0.1) is 11.8 Å². The minimum absolute atomic E-state index is 0.172. The Labute approximate surface area is 164 Å². The summed E-state index contributed by atoms with van der Waals surface area (Å²) in [5.74, 6) is -9.74. The molecular weight excluding hydrogens is 447 g/mol. The standard InChI is InChI=1S/C18H10BrF5N4/c1-8-6-12(27-18(26-8)9-2-4-10(19)5-3-9)28-25-7-11-13(20)15(22)17(24)16(23)14(11)21/h2-7H,1H3,(H,26,27,28)/b25-7+. The molecule has 0 aliphatic rings. The molecule has 144 valence electrons. The highest BCUT2D eigenvalue weighted by molar-refractivity contribution is 9.10. The second kappa shape index (κ2) is 8.01. The van der Waals surface area contributed by atoms with Crippen molar-refractivity contribution in [3.8, 4) is 11.4 Å². The van der Waals surface area contributed by atoms with E-state index in [9.17, 15) is 22.0 Å². The predicted octanol–water partition coefficient (Wildman–Crippen LogP) is 5.36. The van der Waals surface area contributed by atoms with Crippen LogP contribution in [0.15, 0.2) is 39.9 Å². The smallest absolute Gasteiger partial charge is 0.200 e. The third kappa shape index (κ3) is 4.01. The predicted molar refractivity (Wildman–Crippen MR) is 97.4 cm³/mol. The van der Waals surface area contributed by atoms with E-state index in [1.807, 2.05) is 0 Å². The lowest BCUT2D eigenvalue weighted by molar-refractivity contribution is 0.377. The highest BCUT2D eigenvalue weighted by Gasteiger charge is 2.24. The van der Waals surface area contributed by atoms with Gasteiger partial charge in [0.2, 0.25) is 5.82 Å². The molecule has 0 saturated heterocycles. The van der Waals surface area contributed by atoms with Gasteiger partial charge in [-0.1, -0.05) is 28.1 Å². The molecule has 1 N–H and O–H groups in total. The van der Waals surface area contributed by atoms with Crippen LogP contribution in [-0.4, -0.2) is 16.2 Å². The third-order valence-corrected chi connectivity index (χ3v) is 4.10. The first-order chi connectivity index (χ1) is 13.3. The molecule has 0 aliphatic carbocycles. The van der Waals surface area contributed by atoms with E-state index in [2.05, 4.69) is 36.4 Å². The number of hydrazone groups is 1. The van der Waals surface area contributed by atoms with Gasteiger partial charge >= 0.3 is 0 Å². The number of halogens is 6. The number of anilines is 1. The molecule has 0 atom stereocenters. The van der Waals surface area contributed by atoms with Crippen molar-refractivity contribution in [3.63, 3.8) is 0 Å². The van der Waals surface area contributed by atoms with Gasteiger partial charge in [0.1, 0.15) is 0 Å². The van der Waals surface area contributed by atoms with E-state index in [-0.39, 0.29) is 5.82 Å². The van der Waals surface area contributed by atoms with Gasteiger partial charge < -0.3 is 0 Å². The molecule has 3 rings (SSSR count). The van der Waals surface area contributed by atoms with Gasteiger partial charge in [0.15, 0.2) is 34.9 Å². The maximum atomic E-state index is 13.6. The number of nitrogens with zero attached hydrogens (tertiary/aromatic N) is 3. The quantitative estimate of drug-likeness (QED) is 0.189. The van der Waals surface area contributed by atoms with Crippen LogP contribution < -0.4 is 5.43 Å². The van der Waals surface area contributed by atoms with E-state index in [4.69, 9.17) is 0 Å². The van der Waals surface area contributed by atoms with Crippen molar-refractivity contribution in [2.75, 3.05) is 5.43 Å². The Morgan fingerprint density at radius 1 is 0.893 bits per heavy atom. The fourth-order valence-corrected chi connectivity index (χ4v) is 2.52. The van der Waals surface area contributed by atoms with Gasteiger partial charge in [0.25, 0.3) is 0 Å². The number of benzene rings is 2. The van der Waals surface area contributed by atoms with Gasteiger partial charge in [0, 0.05) is 21.8 Å². The maximum absolute atomic E-state index is 13.6. The van der Waals surface area contributed by atoms with Crippen molar-refractivity contribution >= 4 is 28.0 Å². The molecular formula is C18H10BrF5N4. The molecule has 4 nitrogen and oxygen atoms in total. The Bertz CT molecular complexity index is 1040. The number of aromatic nitrogens is 2. The normalized spacial score (nSPS) is 11.2. The van der Waals surface area contributed by atoms with Crippen molar-refractivity contribution in [2.24, 2.45) is 5.10 Å². The summed E-state index contributed by atoms with van der Waals surface area (Å²) in [4.78, 5) is 8.49. The monoisotopic (exact) mass is 456 g/mol. The second-order valence-corrected chi connectivity index (χ2v) is 6.49. The lowest BCUT2D eigenvalue weighted by Gasteiger charge is -2.06. The number of hydrogen-bond acceptors (Lipinski definition) is 4. The lowest BCUT2D eigenvalue weighted by Crippen LogP contribution is -2.07. The average molecular weight is 457 g/mol. The molecule has 1 heterocycles. The average Bonchev–Trinajstić information content (AvgIpc) is 2.67. The molecule has 0 spiro atoms. The van der Waals surface area contributed by atoms with Crippen LogP contribution >= 0.6 is 15.9 Å². The summed E-state index contributed by atoms with van der Waals surface area (Å²) in [6.45, 7) is 1.70. The Kier molecular flexibility index (Phi) is 5.68. The van der Waals surface area contributed by atoms with Crippen LogP contribution in [0.1, 0.15) is 11.3 Å². The molecule has 3 aromatic rings. The van der Waals surface area contributed by atoms with Crippen molar-refractivity contribution in [2.45, 2.75) is 6.92 Å². The molecule has 0 unspecified atom stereocenters. The third-order valence-electron chi connectivity index (χ3n) is 3.57. The van der Waals surface area contributed by atoms with Gasteiger partial charge in [-0.25, -0.2) is 31.9 Å². The van der Waals surface area contributed by atoms with Gasteiger partial charge in [-0.05, 0) is 19.1 Å². The molecule has 0 amide bonds. The second-order valence-electron chi connectivity index (χ2n) is 5.58. The van der Waals surface area contributed by atoms with E-state index >= 15 is 0 Å². The molecule has 1 aromatic heterocycles. The Balaban J connectivity index is 1.89. The largest absolute Gasteiger partial charge is 0.261 e. The number of aryl methyl sites for hydroxylation is 1. The Hall–Kier alpha value is -2.88. The first-order valence-electron chi connectivity index (χ1n) is 7.70. The zero-order valence-electron chi connectivity index (χ0n) is 14.1. The Morgan fingerprint density at radius 2 is 1.46 bits per heavy atom. The first kappa shape index (κ1) is 19.9. The summed E-state index contributed by atoms with van der Waals surface area (Å²) in [6.07, 6.45) is 0.493. The summed E-state index contributed by atoms with van der Waals surface area (Å²) in [6, 6.07) is 8.66. The summed E-state index contributed by atoms with van der Waals surface area (Å²) < 4.78 is 67.6. The summed E-state index contributed by atoms with van der Waals surface area (Å²) in [7, 11) is 0. The molecule has 28 heavy (non-hydrogen) atoms. The topological polar surface area (TPSA) is 50.2 Å². The van der Waals surface area contributed by atoms with Crippen molar-refractivity contribution in [1.29, 1.82) is 0 Å². The zero-order valence-corrected chi connectivity index (χ0v) is 15.7. The van der Waals surface area contributed by atoms with Crippen LogP contribution in [0.25, 0.3) is 11.4 Å². The van der Waals surface area contributed by atoms with Crippen molar-refractivity contribution in [3.05, 3.63) is 75.1 Å². The summed E-state index contributed by atoms with van der Waals surface area (Å²) in [5, 5.41) is 3.53. The summed E-state index contributed by atoms with van der Waals surface area (Å²) in [5.41, 5.74) is 2.51. The molecule has 0 saturated carbocycles. The molecule has 0 fully saturated rings. The van der Waals surface area contributed by atoms with Crippen LogP contribution in [0.4, 0.5) is 27.8 Å². The van der Waals surface area contributed by atoms with E-state index in [1.54, 1.807) is 31.2 Å².